The summed E-state index contributed by atoms with van der Waals surface area (Å²) in [5.74, 6) is 1.60. The van der Waals surface area contributed by atoms with Crippen LogP contribution in [0.1, 0.15) is 84.0 Å². The maximum Gasteiger partial charge on any atom is 0.220 e. The van der Waals surface area contributed by atoms with Gasteiger partial charge in [0.05, 0.1) is 18.3 Å². The van der Waals surface area contributed by atoms with Crippen LogP contribution in [0.25, 0.3) is 0 Å². The number of aliphatic hydroxyl groups excluding tert-OH is 1. The van der Waals surface area contributed by atoms with Gasteiger partial charge in [0, 0.05) is 18.9 Å². The molecule has 4 heteroatoms. The molecule has 1 unspecified atom stereocenters. The van der Waals surface area contributed by atoms with Gasteiger partial charge in [0.25, 0.3) is 0 Å². The van der Waals surface area contributed by atoms with E-state index in [4.69, 9.17) is 4.74 Å². The Morgan fingerprint density at radius 1 is 1.14 bits per heavy atom. The van der Waals surface area contributed by atoms with E-state index in [1.807, 2.05) is 0 Å². The monoisotopic (exact) mass is 403 g/mol. The molecule has 2 N–H and O–H groups in total. The average molecular weight is 404 g/mol. The summed E-state index contributed by atoms with van der Waals surface area (Å²) in [5, 5.41) is 13.5. The SMILES string of the molecule is CCCNC(=O)CCC/C=C\C[C@H]1[C@H](/C=C/C(O)C2CCCCC2)[C@@H]2CC[C@H]1O2. The highest BCUT2D eigenvalue weighted by molar-refractivity contribution is 5.75. The summed E-state index contributed by atoms with van der Waals surface area (Å²) >= 11 is 0. The third-order valence-corrected chi connectivity index (χ3v) is 7.07. The molecule has 1 amide bonds. The van der Waals surface area contributed by atoms with Crippen molar-refractivity contribution in [3.05, 3.63) is 24.3 Å². The van der Waals surface area contributed by atoms with E-state index in [1.165, 1.54) is 38.5 Å². The summed E-state index contributed by atoms with van der Waals surface area (Å²) in [6.45, 7) is 2.85. The number of amides is 1. The second-order valence-electron chi connectivity index (χ2n) is 9.25. The zero-order valence-corrected chi connectivity index (χ0v) is 18.2. The number of aliphatic hydroxyl groups is 1. The van der Waals surface area contributed by atoms with Gasteiger partial charge in [0.2, 0.25) is 5.91 Å². The van der Waals surface area contributed by atoms with Crippen LogP contribution in [0.5, 0.6) is 0 Å². The Hall–Kier alpha value is -1.13. The third kappa shape index (κ3) is 6.68. The Labute approximate surface area is 177 Å². The topological polar surface area (TPSA) is 58.6 Å². The van der Waals surface area contributed by atoms with Crippen molar-refractivity contribution < 1.29 is 14.6 Å². The maximum absolute atomic E-state index is 11.6. The lowest BCUT2D eigenvalue weighted by molar-refractivity contribution is -0.121. The van der Waals surface area contributed by atoms with Crippen LogP contribution in [0.4, 0.5) is 0 Å². The fraction of sp³-hybridized carbons (Fsp3) is 0.800. The zero-order valence-electron chi connectivity index (χ0n) is 18.2. The van der Waals surface area contributed by atoms with E-state index in [0.717, 1.165) is 38.6 Å². The Morgan fingerprint density at radius 2 is 1.93 bits per heavy atom. The second kappa shape index (κ2) is 11.9. The molecular weight excluding hydrogens is 362 g/mol. The lowest BCUT2D eigenvalue weighted by Gasteiger charge is -2.27. The maximum atomic E-state index is 11.6. The van der Waals surface area contributed by atoms with E-state index >= 15 is 0 Å². The second-order valence-corrected chi connectivity index (χ2v) is 9.25. The van der Waals surface area contributed by atoms with Gasteiger partial charge in [-0.05, 0) is 63.2 Å². The quantitative estimate of drug-likeness (QED) is 0.380. The van der Waals surface area contributed by atoms with Crippen molar-refractivity contribution in [1.29, 1.82) is 0 Å². The van der Waals surface area contributed by atoms with Crippen molar-refractivity contribution in [1.82, 2.24) is 5.32 Å². The zero-order chi connectivity index (χ0) is 20.5. The van der Waals surface area contributed by atoms with Crippen molar-refractivity contribution in [3.63, 3.8) is 0 Å². The molecule has 0 aromatic rings. The molecule has 164 valence electrons. The molecule has 1 aliphatic carbocycles. The van der Waals surface area contributed by atoms with E-state index in [-0.39, 0.29) is 12.0 Å². The summed E-state index contributed by atoms with van der Waals surface area (Å²) in [6.07, 6.45) is 22.4. The number of nitrogens with one attached hydrogen (secondary N) is 1. The number of allylic oxidation sites excluding steroid dienone is 2. The van der Waals surface area contributed by atoms with Gasteiger partial charge in [0.1, 0.15) is 0 Å². The molecule has 1 saturated carbocycles. The fourth-order valence-corrected chi connectivity index (χ4v) is 5.37. The van der Waals surface area contributed by atoms with Crippen molar-refractivity contribution in [3.8, 4) is 0 Å². The lowest BCUT2D eigenvalue weighted by Crippen LogP contribution is -2.26. The largest absolute Gasteiger partial charge is 0.389 e. The summed E-state index contributed by atoms with van der Waals surface area (Å²) < 4.78 is 6.20. The minimum Gasteiger partial charge on any atom is -0.389 e. The van der Waals surface area contributed by atoms with Crippen molar-refractivity contribution in [2.75, 3.05) is 6.54 Å². The van der Waals surface area contributed by atoms with Crippen LogP contribution in [0.3, 0.4) is 0 Å². The Bertz CT molecular complexity index is 552. The van der Waals surface area contributed by atoms with E-state index in [2.05, 4.69) is 36.5 Å². The molecule has 0 aromatic heterocycles. The van der Waals surface area contributed by atoms with Gasteiger partial charge in [-0.2, -0.15) is 0 Å². The molecule has 0 spiro atoms. The van der Waals surface area contributed by atoms with Gasteiger partial charge >= 0.3 is 0 Å². The molecule has 2 heterocycles. The van der Waals surface area contributed by atoms with Crippen LogP contribution in [0.15, 0.2) is 24.3 Å². The van der Waals surface area contributed by atoms with Gasteiger partial charge in [-0.3, -0.25) is 4.79 Å². The lowest BCUT2D eigenvalue weighted by atomic mass is 9.76. The van der Waals surface area contributed by atoms with Crippen LogP contribution in [-0.4, -0.2) is 35.9 Å². The number of ether oxygens (including phenoxy) is 1. The first-order valence-corrected chi connectivity index (χ1v) is 12.1. The number of carbonyl (C=O) groups is 1. The van der Waals surface area contributed by atoms with Crippen molar-refractivity contribution in [2.45, 2.75) is 102 Å². The molecule has 3 fully saturated rings. The van der Waals surface area contributed by atoms with E-state index in [0.29, 0.717) is 36.4 Å². The van der Waals surface area contributed by atoms with Crippen LogP contribution in [0, 0.1) is 17.8 Å². The molecule has 0 aromatic carbocycles. The number of unbranched alkanes of at least 4 members (excludes halogenated alkanes) is 1. The minimum absolute atomic E-state index is 0.170. The Balaban J connectivity index is 1.41. The molecule has 2 aliphatic heterocycles. The number of rotatable bonds is 11. The first kappa shape index (κ1) is 22.6. The van der Waals surface area contributed by atoms with E-state index < -0.39 is 0 Å². The molecule has 4 nitrogen and oxygen atoms in total. The van der Waals surface area contributed by atoms with Crippen LogP contribution >= 0.6 is 0 Å². The molecule has 3 rings (SSSR count). The van der Waals surface area contributed by atoms with E-state index in [9.17, 15) is 9.90 Å². The number of hydrogen-bond donors (Lipinski definition) is 2. The molecule has 2 bridgehead atoms. The molecule has 5 atom stereocenters. The predicted octanol–water partition coefficient (Wildman–Crippen LogP) is 4.92. The summed E-state index contributed by atoms with van der Waals surface area (Å²) in [6, 6.07) is 0. The molecule has 29 heavy (non-hydrogen) atoms. The molecule has 3 aliphatic rings. The van der Waals surface area contributed by atoms with Gasteiger partial charge in [0.15, 0.2) is 0 Å². The molecule has 2 saturated heterocycles. The van der Waals surface area contributed by atoms with Crippen LogP contribution < -0.4 is 5.32 Å². The van der Waals surface area contributed by atoms with Gasteiger partial charge in [-0.25, -0.2) is 0 Å². The summed E-state index contributed by atoms with van der Waals surface area (Å²) in [7, 11) is 0. The van der Waals surface area contributed by atoms with Crippen molar-refractivity contribution >= 4 is 5.91 Å². The summed E-state index contributed by atoms with van der Waals surface area (Å²) in [4.78, 5) is 11.6. The van der Waals surface area contributed by atoms with Gasteiger partial charge in [-0.1, -0.05) is 50.5 Å². The number of fused-ring (bicyclic) bond motifs is 2. The first-order chi connectivity index (χ1) is 14.2. The van der Waals surface area contributed by atoms with Gasteiger partial charge < -0.3 is 15.2 Å². The van der Waals surface area contributed by atoms with Crippen LogP contribution in [0.2, 0.25) is 0 Å². The van der Waals surface area contributed by atoms with Crippen molar-refractivity contribution in [2.24, 2.45) is 17.8 Å². The first-order valence-electron chi connectivity index (χ1n) is 12.1. The highest BCUT2D eigenvalue weighted by atomic mass is 16.5. The van der Waals surface area contributed by atoms with Gasteiger partial charge in [-0.15, -0.1) is 0 Å². The normalized spacial score (nSPS) is 31.1. The molecular formula is C25H41NO3. The smallest absolute Gasteiger partial charge is 0.220 e. The minimum atomic E-state index is -0.288. The van der Waals surface area contributed by atoms with Crippen LogP contribution in [-0.2, 0) is 9.53 Å². The standard InChI is InChI=1S/C25H41NO3/c1-2-18-26-25(28)13-9-4-3-8-12-20-21(24-17-16-23(20)29-24)14-15-22(27)19-10-6-5-7-11-19/h3,8,14-15,19-24,27H,2,4-7,9-13,16-18H2,1H3,(H,26,28)/b8-3-,15-14+/t20-,21-,22?,23+,24-/m0/s1. The molecule has 0 radical (unpaired) electrons. The van der Waals surface area contributed by atoms with E-state index in [1.54, 1.807) is 0 Å². The third-order valence-electron chi connectivity index (χ3n) is 7.07. The highest BCUT2D eigenvalue weighted by Gasteiger charge is 2.46. The average Bonchev–Trinajstić information content (AvgIpc) is 3.35. The summed E-state index contributed by atoms with van der Waals surface area (Å²) in [5.41, 5.74) is 0. The Morgan fingerprint density at radius 3 is 2.72 bits per heavy atom. The highest BCUT2D eigenvalue weighted by Crippen LogP contribution is 2.46. The number of hydrogen-bond acceptors (Lipinski definition) is 3. The Kier molecular flexibility index (Phi) is 9.26. The number of carbonyl (C=O) groups excluding carboxylic acids is 1. The fourth-order valence-electron chi connectivity index (χ4n) is 5.37. The predicted molar refractivity (Wildman–Crippen MR) is 118 cm³/mol.